The molecule has 4 nitrogen and oxygen atoms in total. The van der Waals surface area contributed by atoms with Crippen molar-refractivity contribution in [2.24, 2.45) is 11.7 Å². The maximum absolute atomic E-state index is 6.12. The summed E-state index contributed by atoms with van der Waals surface area (Å²) in [6.45, 7) is 4.59. The van der Waals surface area contributed by atoms with Gasteiger partial charge in [0.1, 0.15) is 5.75 Å². The number of para-hydroxylation sites is 1. The predicted molar refractivity (Wildman–Crippen MR) is 94.9 cm³/mol. The second-order valence-electron chi connectivity index (χ2n) is 7.04. The van der Waals surface area contributed by atoms with Gasteiger partial charge in [-0.15, -0.1) is 0 Å². The Balaban J connectivity index is 1.76. The van der Waals surface area contributed by atoms with Crippen molar-refractivity contribution in [3.05, 3.63) is 29.8 Å². The molecule has 1 aromatic rings. The number of methoxy groups -OCH3 is 1. The maximum atomic E-state index is 6.12. The highest BCUT2D eigenvalue weighted by Gasteiger charge is 2.31. The van der Waals surface area contributed by atoms with E-state index >= 15 is 0 Å². The molecule has 0 bridgehead atoms. The van der Waals surface area contributed by atoms with E-state index in [1.807, 2.05) is 0 Å². The Labute approximate surface area is 140 Å². The fourth-order valence-electron chi connectivity index (χ4n) is 4.17. The average Bonchev–Trinajstić information content (AvgIpc) is 2.61. The van der Waals surface area contributed by atoms with E-state index in [4.69, 9.17) is 10.5 Å². The normalized spacial score (nSPS) is 22.9. The summed E-state index contributed by atoms with van der Waals surface area (Å²) in [6, 6.07) is 9.50. The molecule has 23 heavy (non-hydrogen) atoms. The maximum Gasteiger partial charge on any atom is 0.122 e. The summed E-state index contributed by atoms with van der Waals surface area (Å²) >= 11 is 0. The van der Waals surface area contributed by atoms with Crippen LogP contribution >= 0.6 is 0 Å². The Morgan fingerprint density at radius 2 is 1.87 bits per heavy atom. The summed E-state index contributed by atoms with van der Waals surface area (Å²) in [5.74, 6) is 1.80. The Morgan fingerprint density at radius 1 is 1.17 bits per heavy atom. The van der Waals surface area contributed by atoms with Crippen molar-refractivity contribution < 1.29 is 4.74 Å². The number of benzene rings is 1. The molecular weight excluding hydrogens is 286 g/mol. The van der Waals surface area contributed by atoms with E-state index in [1.165, 1.54) is 18.4 Å². The summed E-state index contributed by atoms with van der Waals surface area (Å²) < 4.78 is 5.59. The van der Waals surface area contributed by atoms with Crippen molar-refractivity contribution in [3.63, 3.8) is 0 Å². The van der Waals surface area contributed by atoms with Crippen LogP contribution in [0.1, 0.15) is 31.2 Å². The first kappa shape index (κ1) is 16.7. The molecule has 0 spiro atoms. The van der Waals surface area contributed by atoms with Gasteiger partial charge in [0, 0.05) is 12.1 Å². The van der Waals surface area contributed by atoms with Gasteiger partial charge in [-0.3, -0.25) is 4.90 Å². The minimum Gasteiger partial charge on any atom is -0.496 e. The summed E-state index contributed by atoms with van der Waals surface area (Å²) in [4.78, 5) is 2.70. The lowest BCUT2D eigenvalue weighted by Crippen LogP contribution is -2.50. The number of hydrogen-bond acceptors (Lipinski definition) is 4. The zero-order valence-corrected chi connectivity index (χ0v) is 14.3. The van der Waals surface area contributed by atoms with E-state index in [2.05, 4.69) is 34.5 Å². The van der Waals surface area contributed by atoms with Crippen LogP contribution in [0.15, 0.2) is 24.3 Å². The van der Waals surface area contributed by atoms with Crippen LogP contribution in [0.5, 0.6) is 5.75 Å². The van der Waals surface area contributed by atoms with E-state index in [9.17, 15) is 0 Å². The molecule has 2 aliphatic rings. The molecule has 0 aromatic heterocycles. The van der Waals surface area contributed by atoms with Gasteiger partial charge in [0.25, 0.3) is 0 Å². The van der Waals surface area contributed by atoms with Gasteiger partial charge in [0.2, 0.25) is 0 Å². The van der Waals surface area contributed by atoms with Crippen LogP contribution in [-0.4, -0.2) is 50.3 Å². The van der Waals surface area contributed by atoms with E-state index in [1.54, 1.807) is 7.11 Å². The first-order chi connectivity index (χ1) is 11.3. The second-order valence-corrected chi connectivity index (χ2v) is 7.04. The van der Waals surface area contributed by atoms with Crippen LogP contribution in [0.4, 0.5) is 0 Å². The largest absolute Gasteiger partial charge is 0.496 e. The number of nitrogens with zero attached hydrogens (tertiary/aromatic N) is 1. The average molecular weight is 317 g/mol. The molecule has 128 valence electrons. The molecular formula is C19H31N3O. The molecule has 0 radical (unpaired) electrons. The number of ether oxygens (including phenoxy) is 1. The summed E-state index contributed by atoms with van der Waals surface area (Å²) in [6.07, 6.45) is 5.91. The van der Waals surface area contributed by atoms with Gasteiger partial charge in [0.05, 0.1) is 7.11 Å². The number of nitrogens with two attached hydrogens (primary N) is 1. The summed E-state index contributed by atoms with van der Waals surface area (Å²) in [7, 11) is 1.78. The van der Waals surface area contributed by atoms with E-state index < -0.39 is 0 Å². The van der Waals surface area contributed by atoms with Gasteiger partial charge in [0.15, 0.2) is 0 Å². The van der Waals surface area contributed by atoms with Crippen molar-refractivity contribution in [3.8, 4) is 5.75 Å². The molecule has 2 aliphatic heterocycles. The first-order valence-electron chi connectivity index (χ1n) is 9.10. The molecule has 3 rings (SSSR count). The fourth-order valence-corrected chi connectivity index (χ4v) is 4.17. The van der Waals surface area contributed by atoms with Crippen molar-refractivity contribution >= 4 is 0 Å². The molecule has 2 heterocycles. The molecule has 3 N–H and O–H groups in total. The third-order valence-corrected chi connectivity index (χ3v) is 5.59. The van der Waals surface area contributed by atoms with Crippen LogP contribution in [0, 0.1) is 5.92 Å². The van der Waals surface area contributed by atoms with E-state index in [0.717, 1.165) is 57.1 Å². The lowest BCUT2D eigenvalue weighted by atomic mass is 9.84. The van der Waals surface area contributed by atoms with E-state index in [-0.39, 0.29) is 0 Å². The van der Waals surface area contributed by atoms with Crippen LogP contribution in [0.3, 0.4) is 0 Å². The molecule has 4 heteroatoms. The molecule has 2 fully saturated rings. The van der Waals surface area contributed by atoms with Gasteiger partial charge in [-0.05, 0) is 75.8 Å². The number of rotatable bonds is 5. The quantitative estimate of drug-likeness (QED) is 0.872. The number of piperidine rings is 2. The Bertz CT molecular complexity index is 479. The van der Waals surface area contributed by atoms with Crippen molar-refractivity contribution in [2.45, 2.75) is 44.2 Å². The SMILES string of the molecule is COc1ccccc1CC(C1CCNCC1)N1CCC(N)CC1. The number of hydrogen-bond donors (Lipinski definition) is 2. The van der Waals surface area contributed by atoms with Crippen molar-refractivity contribution in [2.75, 3.05) is 33.3 Å². The Hall–Kier alpha value is -1.10. The molecule has 0 saturated carbocycles. The smallest absolute Gasteiger partial charge is 0.122 e. The van der Waals surface area contributed by atoms with Gasteiger partial charge < -0.3 is 15.8 Å². The van der Waals surface area contributed by atoms with Crippen LogP contribution in [-0.2, 0) is 6.42 Å². The van der Waals surface area contributed by atoms with Gasteiger partial charge in [-0.25, -0.2) is 0 Å². The molecule has 1 aromatic carbocycles. The lowest BCUT2D eigenvalue weighted by Gasteiger charge is -2.42. The van der Waals surface area contributed by atoms with Crippen molar-refractivity contribution in [1.82, 2.24) is 10.2 Å². The molecule has 2 saturated heterocycles. The minimum absolute atomic E-state index is 0.395. The minimum atomic E-state index is 0.395. The lowest BCUT2D eigenvalue weighted by molar-refractivity contribution is 0.0933. The first-order valence-corrected chi connectivity index (χ1v) is 9.10. The third kappa shape index (κ3) is 4.25. The Morgan fingerprint density at radius 3 is 2.57 bits per heavy atom. The highest BCUT2D eigenvalue weighted by molar-refractivity contribution is 5.34. The van der Waals surface area contributed by atoms with Gasteiger partial charge in [-0.1, -0.05) is 18.2 Å². The van der Waals surface area contributed by atoms with Crippen molar-refractivity contribution in [1.29, 1.82) is 0 Å². The standard InChI is InChI=1S/C19H31N3O/c1-23-19-5-3-2-4-16(19)14-18(15-6-10-21-11-7-15)22-12-8-17(20)9-13-22/h2-5,15,17-18,21H,6-14,20H2,1H3. The second kappa shape index (κ2) is 8.13. The monoisotopic (exact) mass is 317 g/mol. The highest BCUT2D eigenvalue weighted by atomic mass is 16.5. The molecule has 1 unspecified atom stereocenters. The summed E-state index contributed by atoms with van der Waals surface area (Å²) in [5, 5.41) is 3.50. The highest BCUT2D eigenvalue weighted by Crippen LogP contribution is 2.29. The van der Waals surface area contributed by atoms with Crippen LogP contribution < -0.4 is 15.8 Å². The fraction of sp³-hybridized carbons (Fsp3) is 0.684. The van der Waals surface area contributed by atoms with Crippen LogP contribution in [0.2, 0.25) is 0 Å². The number of likely N-dealkylation sites (tertiary alicyclic amines) is 1. The number of nitrogens with one attached hydrogen (secondary N) is 1. The summed E-state index contributed by atoms with van der Waals surface area (Å²) in [5.41, 5.74) is 7.46. The van der Waals surface area contributed by atoms with Gasteiger partial charge in [-0.2, -0.15) is 0 Å². The molecule has 0 aliphatic carbocycles. The third-order valence-electron chi connectivity index (χ3n) is 5.59. The molecule has 1 atom stereocenters. The van der Waals surface area contributed by atoms with E-state index in [0.29, 0.717) is 12.1 Å². The van der Waals surface area contributed by atoms with Gasteiger partial charge >= 0.3 is 0 Å². The Kier molecular flexibility index (Phi) is 5.92. The molecule has 0 amide bonds. The zero-order valence-electron chi connectivity index (χ0n) is 14.3. The van der Waals surface area contributed by atoms with Crippen LogP contribution in [0.25, 0.3) is 0 Å². The topological polar surface area (TPSA) is 50.5 Å². The zero-order chi connectivity index (χ0) is 16.1. The predicted octanol–water partition coefficient (Wildman–Crippen LogP) is 2.03.